The topological polar surface area (TPSA) is 42.7 Å². The Labute approximate surface area is 113 Å². The van der Waals surface area contributed by atoms with Crippen molar-refractivity contribution >= 4 is 0 Å². The normalized spacial score (nSPS) is 14.4. The van der Waals surface area contributed by atoms with Crippen molar-refractivity contribution in [1.82, 2.24) is 19.9 Å². The molecule has 0 saturated carbocycles. The molecule has 0 bridgehead atoms. The van der Waals surface area contributed by atoms with Crippen LogP contribution in [0.15, 0.2) is 24.5 Å². The van der Waals surface area contributed by atoms with Crippen LogP contribution in [0.3, 0.4) is 0 Å². The summed E-state index contributed by atoms with van der Waals surface area (Å²) in [4.78, 5) is 8.99. The van der Waals surface area contributed by atoms with Gasteiger partial charge < -0.3 is 9.88 Å². The fraction of sp³-hybridized carbons (Fsp3) is 0.467. The molecule has 0 spiro atoms. The molecule has 19 heavy (non-hydrogen) atoms. The number of rotatable bonds is 4. The van der Waals surface area contributed by atoms with Crippen LogP contribution < -0.4 is 5.32 Å². The zero-order chi connectivity index (χ0) is 13.1. The van der Waals surface area contributed by atoms with Gasteiger partial charge in [-0.3, -0.25) is 4.98 Å². The van der Waals surface area contributed by atoms with Gasteiger partial charge in [0.15, 0.2) is 0 Å². The molecule has 2 aromatic rings. The van der Waals surface area contributed by atoms with Gasteiger partial charge in [0, 0.05) is 43.2 Å². The number of hydrogen-bond donors (Lipinski definition) is 1. The molecule has 0 unspecified atom stereocenters. The number of nitrogens with zero attached hydrogens (tertiary/aromatic N) is 3. The Morgan fingerprint density at radius 1 is 1.26 bits per heavy atom. The minimum Gasteiger partial charge on any atom is -0.328 e. The standard InChI is InChI=1S/C15H20N4/c1-16-8-7-13-14-4-2-3-11-19(14)15(18-13)12-5-9-17-10-6-12/h5-6,9-10,16H,2-4,7-8,11H2,1H3. The SMILES string of the molecule is CNCCc1nc(-c2ccncc2)n2c1CCCC2. The molecule has 1 aliphatic rings. The maximum Gasteiger partial charge on any atom is 0.140 e. The quantitative estimate of drug-likeness (QED) is 0.910. The lowest BCUT2D eigenvalue weighted by Crippen LogP contribution is -2.15. The van der Waals surface area contributed by atoms with Crippen LogP contribution in [0.2, 0.25) is 0 Å². The Balaban J connectivity index is 2.02. The second kappa shape index (κ2) is 5.53. The zero-order valence-corrected chi connectivity index (χ0v) is 11.4. The van der Waals surface area contributed by atoms with Gasteiger partial charge in [-0.2, -0.15) is 0 Å². The van der Waals surface area contributed by atoms with Crippen LogP contribution >= 0.6 is 0 Å². The number of likely N-dealkylation sites (N-methyl/N-ethyl adjacent to an activating group) is 1. The van der Waals surface area contributed by atoms with Crippen LogP contribution in [0, 0.1) is 0 Å². The molecule has 3 rings (SSSR count). The molecule has 4 nitrogen and oxygen atoms in total. The molecule has 1 aliphatic heterocycles. The molecular weight excluding hydrogens is 236 g/mol. The predicted octanol–water partition coefficient (Wildman–Crippen LogP) is 2.04. The second-order valence-corrected chi connectivity index (χ2v) is 5.03. The number of aromatic nitrogens is 3. The van der Waals surface area contributed by atoms with Gasteiger partial charge in [-0.1, -0.05) is 0 Å². The van der Waals surface area contributed by atoms with Crippen LogP contribution in [-0.2, 0) is 19.4 Å². The van der Waals surface area contributed by atoms with Gasteiger partial charge >= 0.3 is 0 Å². The third-order valence-corrected chi connectivity index (χ3v) is 3.75. The largest absolute Gasteiger partial charge is 0.328 e. The maximum absolute atomic E-state index is 4.89. The van der Waals surface area contributed by atoms with E-state index in [9.17, 15) is 0 Å². The Bertz CT molecular complexity index is 545. The molecule has 0 radical (unpaired) electrons. The molecule has 4 heteroatoms. The van der Waals surface area contributed by atoms with E-state index in [1.807, 2.05) is 31.6 Å². The van der Waals surface area contributed by atoms with Crippen molar-refractivity contribution in [2.75, 3.05) is 13.6 Å². The van der Waals surface area contributed by atoms with Crippen molar-refractivity contribution in [1.29, 1.82) is 0 Å². The van der Waals surface area contributed by atoms with Crippen LogP contribution in [0.4, 0.5) is 0 Å². The average molecular weight is 256 g/mol. The van der Waals surface area contributed by atoms with Gasteiger partial charge in [0.25, 0.3) is 0 Å². The highest BCUT2D eigenvalue weighted by molar-refractivity contribution is 5.56. The first kappa shape index (κ1) is 12.4. The molecule has 2 aromatic heterocycles. The second-order valence-electron chi connectivity index (χ2n) is 5.03. The fourth-order valence-electron chi connectivity index (χ4n) is 2.78. The highest BCUT2D eigenvalue weighted by Crippen LogP contribution is 2.27. The lowest BCUT2D eigenvalue weighted by atomic mass is 10.1. The van der Waals surface area contributed by atoms with Crippen LogP contribution in [0.5, 0.6) is 0 Å². The van der Waals surface area contributed by atoms with E-state index < -0.39 is 0 Å². The summed E-state index contributed by atoms with van der Waals surface area (Å²) in [6.07, 6.45) is 8.40. The van der Waals surface area contributed by atoms with Gasteiger partial charge in [-0.25, -0.2) is 4.98 Å². The average Bonchev–Trinajstić information content (AvgIpc) is 2.85. The summed E-state index contributed by atoms with van der Waals surface area (Å²) >= 11 is 0. The summed E-state index contributed by atoms with van der Waals surface area (Å²) in [5.74, 6) is 1.11. The molecular formula is C15H20N4. The third-order valence-electron chi connectivity index (χ3n) is 3.75. The molecule has 0 saturated heterocycles. The minimum atomic E-state index is 0.986. The fourth-order valence-corrected chi connectivity index (χ4v) is 2.78. The predicted molar refractivity (Wildman–Crippen MR) is 76.0 cm³/mol. The Hall–Kier alpha value is -1.68. The summed E-state index contributed by atoms with van der Waals surface area (Å²) in [5.41, 5.74) is 3.88. The Morgan fingerprint density at radius 2 is 2.11 bits per heavy atom. The first-order valence-corrected chi connectivity index (χ1v) is 7.03. The molecule has 0 aromatic carbocycles. The van der Waals surface area contributed by atoms with E-state index in [1.54, 1.807) is 0 Å². The first-order chi connectivity index (χ1) is 9.40. The maximum atomic E-state index is 4.89. The van der Waals surface area contributed by atoms with E-state index in [-0.39, 0.29) is 0 Å². The summed E-state index contributed by atoms with van der Waals surface area (Å²) in [6.45, 7) is 2.08. The minimum absolute atomic E-state index is 0.986. The number of pyridine rings is 1. The molecule has 0 atom stereocenters. The summed E-state index contributed by atoms with van der Waals surface area (Å²) in [7, 11) is 1.99. The van der Waals surface area contributed by atoms with E-state index in [0.29, 0.717) is 0 Å². The van der Waals surface area contributed by atoms with E-state index in [4.69, 9.17) is 4.98 Å². The summed E-state index contributed by atoms with van der Waals surface area (Å²) in [6, 6.07) is 4.10. The van der Waals surface area contributed by atoms with E-state index in [1.165, 1.54) is 29.8 Å². The highest BCUT2D eigenvalue weighted by atomic mass is 15.1. The van der Waals surface area contributed by atoms with Crippen molar-refractivity contribution in [3.05, 3.63) is 35.9 Å². The Morgan fingerprint density at radius 3 is 2.89 bits per heavy atom. The zero-order valence-electron chi connectivity index (χ0n) is 11.4. The number of nitrogens with one attached hydrogen (secondary N) is 1. The lowest BCUT2D eigenvalue weighted by Gasteiger charge is -2.17. The van der Waals surface area contributed by atoms with Gasteiger partial charge in [0.2, 0.25) is 0 Å². The smallest absolute Gasteiger partial charge is 0.140 e. The number of imidazole rings is 1. The van der Waals surface area contributed by atoms with Crippen molar-refractivity contribution < 1.29 is 0 Å². The van der Waals surface area contributed by atoms with Crippen LogP contribution in [-0.4, -0.2) is 28.1 Å². The van der Waals surface area contributed by atoms with Gasteiger partial charge in [0.1, 0.15) is 5.82 Å². The molecule has 0 amide bonds. The monoisotopic (exact) mass is 256 g/mol. The Kier molecular flexibility index (Phi) is 3.60. The number of hydrogen-bond acceptors (Lipinski definition) is 3. The van der Waals surface area contributed by atoms with Gasteiger partial charge in [0.05, 0.1) is 5.69 Å². The van der Waals surface area contributed by atoms with Crippen LogP contribution in [0.25, 0.3) is 11.4 Å². The molecule has 0 aliphatic carbocycles. The van der Waals surface area contributed by atoms with Crippen molar-refractivity contribution in [3.63, 3.8) is 0 Å². The summed E-state index contributed by atoms with van der Waals surface area (Å²) < 4.78 is 2.41. The van der Waals surface area contributed by atoms with Crippen molar-refractivity contribution in [2.24, 2.45) is 0 Å². The van der Waals surface area contributed by atoms with Gasteiger partial charge in [-0.05, 0) is 38.4 Å². The van der Waals surface area contributed by atoms with Gasteiger partial charge in [-0.15, -0.1) is 0 Å². The third kappa shape index (κ3) is 2.40. The van der Waals surface area contributed by atoms with Crippen molar-refractivity contribution in [2.45, 2.75) is 32.2 Å². The first-order valence-electron chi connectivity index (χ1n) is 7.03. The molecule has 1 N–H and O–H groups in total. The highest BCUT2D eigenvalue weighted by Gasteiger charge is 2.20. The van der Waals surface area contributed by atoms with E-state index in [2.05, 4.69) is 14.9 Å². The number of fused-ring (bicyclic) bond motifs is 1. The molecule has 0 fully saturated rings. The summed E-state index contributed by atoms with van der Waals surface area (Å²) in [5, 5.41) is 3.21. The molecule has 100 valence electrons. The molecule has 3 heterocycles. The van der Waals surface area contributed by atoms with E-state index in [0.717, 1.165) is 31.8 Å². The van der Waals surface area contributed by atoms with E-state index >= 15 is 0 Å². The van der Waals surface area contributed by atoms with Crippen molar-refractivity contribution in [3.8, 4) is 11.4 Å². The lowest BCUT2D eigenvalue weighted by molar-refractivity contribution is 0.532. The van der Waals surface area contributed by atoms with Crippen LogP contribution in [0.1, 0.15) is 24.2 Å².